The van der Waals surface area contributed by atoms with Crippen molar-refractivity contribution in [2.45, 2.75) is 37.6 Å². The summed E-state index contributed by atoms with van der Waals surface area (Å²) in [5.41, 5.74) is 7.06. The van der Waals surface area contributed by atoms with Gasteiger partial charge in [0.2, 0.25) is 0 Å². The number of hydrogen-bond acceptors (Lipinski definition) is 4. The first kappa shape index (κ1) is 8.13. The molecule has 0 atom stereocenters. The Morgan fingerprint density at radius 1 is 1.33 bits per heavy atom. The third kappa shape index (κ3) is 1.36. The Hall–Kier alpha value is -0.480. The van der Waals surface area contributed by atoms with Gasteiger partial charge in [-0.05, 0) is 24.4 Å². The van der Waals surface area contributed by atoms with E-state index in [-0.39, 0.29) is 5.54 Å². The zero-order chi connectivity index (χ0) is 8.44. The fourth-order valence-corrected chi connectivity index (χ4v) is 2.38. The summed E-state index contributed by atoms with van der Waals surface area (Å²) in [6.07, 6.45) is 5.91. The first-order chi connectivity index (χ1) is 5.81. The first-order valence-electron chi connectivity index (χ1n) is 4.38. The van der Waals surface area contributed by atoms with Crippen molar-refractivity contribution in [2.75, 3.05) is 0 Å². The van der Waals surface area contributed by atoms with Crippen LogP contribution in [0.2, 0.25) is 0 Å². The Morgan fingerprint density at radius 3 is 2.67 bits per heavy atom. The van der Waals surface area contributed by atoms with Crippen molar-refractivity contribution in [3.63, 3.8) is 0 Å². The molecule has 2 N–H and O–H groups in total. The number of hydrogen-bond donors (Lipinski definition) is 1. The summed E-state index contributed by atoms with van der Waals surface area (Å²) < 4.78 is 3.85. The Kier molecular flexibility index (Phi) is 2.11. The van der Waals surface area contributed by atoms with Crippen molar-refractivity contribution in [3.05, 3.63) is 11.1 Å². The van der Waals surface area contributed by atoms with Crippen LogP contribution >= 0.6 is 11.5 Å². The van der Waals surface area contributed by atoms with Gasteiger partial charge in [0.1, 0.15) is 0 Å². The molecule has 1 aliphatic rings. The van der Waals surface area contributed by atoms with Crippen molar-refractivity contribution in [1.82, 2.24) is 9.59 Å². The van der Waals surface area contributed by atoms with Crippen LogP contribution in [-0.4, -0.2) is 9.59 Å². The van der Waals surface area contributed by atoms with Gasteiger partial charge in [0.15, 0.2) is 0 Å². The molecule has 1 aliphatic carbocycles. The van der Waals surface area contributed by atoms with E-state index in [2.05, 4.69) is 9.59 Å². The predicted octanol–water partition coefficient (Wildman–Crippen LogP) is 1.66. The van der Waals surface area contributed by atoms with Gasteiger partial charge >= 0.3 is 0 Å². The molecule has 66 valence electrons. The van der Waals surface area contributed by atoms with Crippen LogP contribution in [0.25, 0.3) is 0 Å². The van der Waals surface area contributed by atoms with E-state index in [1.54, 1.807) is 0 Å². The second-order valence-corrected chi connectivity index (χ2v) is 4.12. The molecule has 0 spiro atoms. The van der Waals surface area contributed by atoms with Crippen LogP contribution in [0.4, 0.5) is 0 Å². The van der Waals surface area contributed by atoms with E-state index in [4.69, 9.17) is 5.73 Å². The molecule has 0 aromatic carbocycles. The topological polar surface area (TPSA) is 51.8 Å². The highest BCUT2D eigenvalue weighted by Gasteiger charge is 2.31. The molecule has 0 amide bonds. The normalized spacial score (nSPS) is 22.4. The second-order valence-electron chi connectivity index (χ2n) is 3.51. The summed E-state index contributed by atoms with van der Waals surface area (Å²) in [6.45, 7) is 0. The zero-order valence-electron chi connectivity index (χ0n) is 6.99. The molecule has 4 heteroatoms. The van der Waals surface area contributed by atoms with Crippen LogP contribution in [0.1, 0.15) is 37.8 Å². The van der Waals surface area contributed by atoms with Gasteiger partial charge in [-0.25, -0.2) is 0 Å². The van der Waals surface area contributed by atoms with Gasteiger partial charge in [0.05, 0.1) is 11.2 Å². The highest BCUT2D eigenvalue weighted by Crippen LogP contribution is 2.33. The van der Waals surface area contributed by atoms with Crippen molar-refractivity contribution in [1.29, 1.82) is 0 Å². The van der Waals surface area contributed by atoms with E-state index in [0.717, 1.165) is 18.5 Å². The SMILES string of the molecule is NC1(c2csnn2)CCCCC1. The summed E-state index contributed by atoms with van der Waals surface area (Å²) >= 11 is 1.39. The molecule has 0 radical (unpaired) electrons. The van der Waals surface area contributed by atoms with Crippen LogP contribution in [-0.2, 0) is 5.54 Å². The van der Waals surface area contributed by atoms with Crippen LogP contribution in [0.3, 0.4) is 0 Å². The van der Waals surface area contributed by atoms with E-state index >= 15 is 0 Å². The molecule has 1 heterocycles. The molecule has 1 aromatic rings. The van der Waals surface area contributed by atoms with Crippen LogP contribution in [0.15, 0.2) is 5.38 Å². The molecular formula is C8H13N3S. The summed E-state index contributed by atoms with van der Waals surface area (Å²) in [6, 6.07) is 0. The summed E-state index contributed by atoms with van der Waals surface area (Å²) in [5, 5.41) is 6.03. The smallest absolute Gasteiger partial charge is 0.0953 e. The van der Waals surface area contributed by atoms with Crippen LogP contribution in [0.5, 0.6) is 0 Å². The lowest BCUT2D eigenvalue weighted by Gasteiger charge is -2.31. The number of nitrogens with two attached hydrogens (primary N) is 1. The van der Waals surface area contributed by atoms with Crippen LogP contribution in [0, 0.1) is 0 Å². The highest BCUT2D eigenvalue weighted by molar-refractivity contribution is 7.03. The van der Waals surface area contributed by atoms with E-state index in [9.17, 15) is 0 Å². The maximum absolute atomic E-state index is 6.23. The molecule has 12 heavy (non-hydrogen) atoms. The molecule has 1 aromatic heterocycles. The van der Waals surface area contributed by atoms with Gasteiger partial charge in [-0.15, -0.1) is 5.10 Å². The molecule has 0 unspecified atom stereocenters. The molecule has 0 saturated heterocycles. The van der Waals surface area contributed by atoms with Crippen molar-refractivity contribution in [3.8, 4) is 0 Å². The highest BCUT2D eigenvalue weighted by atomic mass is 32.1. The Balaban J connectivity index is 2.19. The molecule has 1 fully saturated rings. The van der Waals surface area contributed by atoms with Gasteiger partial charge in [-0.2, -0.15) is 0 Å². The minimum Gasteiger partial charge on any atom is -0.320 e. The van der Waals surface area contributed by atoms with Gasteiger partial charge in [0.25, 0.3) is 0 Å². The lowest BCUT2D eigenvalue weighted by molar-refractivity contribution is 0.295. The van der Waals surface area contributed by atoms with Crippen molar-refractivity contribution < 1.29 is 0 Å². The van der Waals surface area contributed by atoms with Crippen molar-refractivity contribution in [2.24, 2.45) is 5.73 Å². The summed E-state index contributed by atoms with van der Waals surface area (Å²) in [4.78, 5) is 0. The van der Waals surface area contributed by atoms with Crippen LogP contribution < -0.4 is 5.73 Å². The third-order valence-corrected chi connectivity index (χ3v) is 3.12. The lowest BCUT2D eigenvalue weighted by atomic mass is 9.81. The minimum absolute atomic E-state index is 0.161. The molecule has 3 nitrogen and oxygen atoms in total. The second kappa shape index (κ2) is 3.11. The minimum atomic E-state index is -0.161. The van der Waals surface area contributed by atoms with Gasteiger partial charge in [-0.1, -0.05) is 23.8 Å². The number of rotatable bonds is 1. The number of nitrogens with zero attached hydrogens (tertiary/aromatic N) is 2. The maximum Gasteiger partial charge on any atom is 0.0953 e. The van der Waals surface area contributed by atoms with Gasteiger partial charge < -0.3 is 5.73 Å². The first-order valence-corrected chi connectivity index (χ1v) is 5.21. The largest absolute Gasteiger partial charge is 0.320 e. The quantitative estimate of drug-likeness (QED) is 0.720. The Morgan fingerprint density at radius 2 is 2.08 bits per heavy atom. The molecule has 0 bridgehead atoms. The average Bonchev–Trinajstić information content (AvgIpc) is 2.58. The molecule has 1 saturated carbocycles. The van der Waals surface area contributed by atoms with Crippen molar-refractivity contribution >= 4 is 11.5 Å². The van der Waals surface area contributed by atoms with E-state index in [0.29, 0.717) is 0 Å². The average molecular weight is 183 g/mol. The molecule has 0 aliphatic heterocycles. The lowest BCUT2D eigenvalue weighted by Crippen LogP contribution is -2.38. The predicted molar refractivity (Wildman–Crippen MR) is 48.9 cm³/mol. The van der Waals surface area contributed by atoms with E-state index < -0.39 is 0 Å². The summed E-state index contributed by atoms with van der Waals surface area (Å²) in [7, 11) is 0. The van der Waals surface area contributed by atoms with Gasteiger partial charge in [0, 0.05) is 5.38 Å². The fourth-order valence-electron chi connectivity index (χ4n) is 1.82. The Labute approximate surface area is 76.1 Å². The Bertz CT molecular complexity index is 239. The zero-order valence-corrected chi connectivity index (χ0v) is 7.81. The van der Waals surface area contributed by atoms with E-state index in [1.807, 2.05) is 5.38 Å². The summed E-state index contributed by atoms with van der Waals surface area (Å²) in [5.74, 6) is 0. The molecular weight excluding hydrogens is 170 g/mol. The standard InChI is InChI=1S/C8H13N3S/c9-8(4-2-1-3-5-8)7-6-12-11-10-7/h6H,1-5,9H2. The van der Waals surface area contributed by atoms with E-state index in [1.165, 1.54) is 30.8 Å². The third-order valence-electron chi connectivity index (χ3n) is 2.62. The maximum atomic E-state index is 6.23. The fraction of sp³-hybridized carbons (Fsp3) is 0.750. The molecule has 2 rings (SSSR count). The monoisotopic (exact) mass is 183 g/mol. The number of aromatic nitrogens is 2. The van der Waals surface area contributed by atoms with Gasteiger partial charge in [-0.3, -0.25) is 0 Å².